The molecule has 4 nitrogen and oxygen atoms in total. The van der Waals surface area contributed by atoms with Crippen molar-refractivity contribution in [3.05, 3.63) is 23.8 Å². The van der Waals surface area contributed by atoms with E-state index in [9.17, 15) is 9.90 Å². The number of phenolic OH excluding ortho intramolecular Hbond substituents is 1. The van der Waals surface area contributed by atoms with Gasteiger partial charge in [0.05, 0.1) is 0 Å². The highest BCUT2D eigenvalue weighted by molar-refractivity contribution is 5.70. The Labute approximate surface area is 82.5 Å². The number of ether oxygens (including phenoxy) is 1. The second-order valence-electron chi connectivity index (χ2n) is 2.87. The highest BCUT2D eigenvalue weighted by Crippen LogP contribution is 2.21. The number of carbonyl (C=O) groups is 1. The van der Waals surface area contributed by atoms with E-state index in [-0.39, 0.29) is 5.75 Å². The van der Waals surface area contributed by atoms with Gasteiger partial charge in [-0.3, -0.25) is 0 Å². The van der Waals surface area contributed by atoms with Gasteiger partial charge in [0.25, 0.3) is 0 Å². The average molecular weight is 195 g/mol. The summed E-state index contributed by atoms with van der Waals surface area (Å²) in [6, 6.07) is 4.63. The predicted octanol–water partition coefficient (Wildman–Crippen LogP) is 1.81. The van der Waals surface area contributed by atoms with E-state index in [1.54, 1.807) is 13.0 Å². The molecular formula is C10H13NO3. The number of aromatic hydroxyl groups is 1. The monoisotopic (exact) mass is 195 g/mol. The number of hydrogen-bond donors (Lipinski definition) is 2. The normalized spacial score (nSPS) is 9.57. The lowest BCUT2D eigenvalue weighted by Crippen LogP contribution is -2.26. The number of hydrogen-bond acceptors (Lipinski definition) is 3. The molecule has 0 aromatic heterocycles. The lowest BCUT2D eigenvalue weighted by Gasteiger charge is -2.05. The molecule has 1 rings (SSSR count). The van der Waals surface area contributed by atoms with Gasteiger partial charge in [0, 0.05) is 6.54 Å². The van der Waals surface area contributed by atoms with Gasteiger partial charge in [0.15, 0.2) is 0 Å². The maximum atomic E-state index is 11.0. The van der Waals surface area contributed by atoms with Crippen LogP contribution >= 0.6 is 0 Å². The van der Waals surface area contributed by atoms with Gasteiger partial charge in [-0.1, -0.05) is 0 Å². The molecule has 1 aromatic rings. The molecule has 0 fully saturated rings. The summed E-state index contributed by atoms with van der Waals surface area (Å²) >= 11 is 0. The van der Waals surface area contributed by atoms with Crippen LogP contribution in [0.5, 0.6) is 11.5 Å². The topological polar surface area (TPSA) is 58.6 Å². The van der Waals surface area contributed by atoms with Crippen LogP contribution in [0.3, 0.4) is 0 Å². The van der Waals surface area contributed by atoms with Crippen LogP contribution in [-0.4, -0.2) is 17.7 Å². The lowest BCUT2D eigenvalue weighted by atomic mass is 10.2. The van der Waals surface area contributed by atoms with Crippen molar-refractivity contribution in [2.75, 3.05) is 6.54 Å². The molecule has 0 atom stereocenters. The van der Waals surface area contributed by atoms with E-state index in [0.29, 0.717) is 17.9 Å². The highest BCUT2D eigenvalue weighted by atomic mass is 16.6. The number of benzene rings is 1. The Hall–Kier alpha value is -1.71. The summed E-state index contributed by atoms with van der Waals surface area (Å²) in [6.45, 7) is 4.07. The number of nitrogens with one attached hydrogen (secondary N) is 1. The smallest absolute Gasteiger partial charge is 0.412 e. The molecular weight excluding hydrogens is 182 g/mol. The summed E-state index contributed by atoms with van der Waals surface area (Å²) in [7, 11) is 0. The van der Waals surface area contributed by atoms with Gasteiger partial charge >= 0.3 is 6.09 Å². The Kier molecular flexibility index (Phi) is 3.34. The van der Waals surface area contributed by atoms with Crippen LogP contribution in [0.4, 0.5) is 4.79 Å². The molecule has 0 aliphatic carbocycles. The molecule has 2 N–H and O–H groups in total. The van der Waals surface area contributed by atoms with Gasteiger partial charge in [-0.25, -0.2) is 4.79 Å². The van der Waals surface area contributed by atoms with E-state index in [0.717, 1.165) is 0 Å². The first-order chi connectivity index (χ1) is 6.63. The highest BCUT2D eigenvalue weighted by Gasteiger charge is 2.03. The van der Waals surface area contributed by atoms with Crippen molar-refractivity contribution in [2.24, 2.45) is 0 Å². The summed E-state index contributed by atoms with van der Waals surface area (Å²) in [5.41, 5.74) is 0.673. The average Bonchev–Trinajstić information content (AvgIpc) is 2.12. The second-order valence-corrected chi connectivity index (χ2v) is 2.87. The third-order valence-electron chi connectivity index (χ3n) is 1.70. The zero-order valence-electron chi connectivity index (χ0n) is 8.20. The Morgan fingerprint density at radius 3 is 2.86 bits per heavy atom. The maximum absolute atomic E-state index is 11.0. The van der Waals surface area contributed by atoms with Gasteiger partial charge in [-0.05, 0) is 37.6 Å². The lowest BCUT2D eigenvalue weighted by molar-refractivity contribution is 0.201. The molecule has 0 radical (unpaired) electrons. The molecule has 0 spiro atoms. The van der Waals surface area contributed by atoms with Gasteiger partial charge in [0.2, 0.25) is 0 Å². The van der Waals surface area contributed by atoms with E-state index in [1.807, 2.05) is 6.92 Å². The van der Waals surface area contributed by atoms with Crippen LogP contribution in [0.1, 0.15) is 12.5 Å². The van der Waals surface area contributed by atoms with Crippen LogP contribution in [0.2, 0.25) is 0 Å². The number of phenols is 1. The van der Waals surface area contributed by atoms with Crippen LogP contribution in [0.25, 0.3) is 0 Å². The molecule has 0 aliphatic rings. The fraction of sp³-hybridized carbons (Fsp3) is 0.300. The molecule has 0 saturated carbocycles. The summed E-state index contributed by atoms with van der Waals surface area (Å²) in [5.74, 6) is 0.611. The summed E-state index contributed by atoms with van der Waals surface area (Å²) in [4.78, 5) is 11.0. The van der Waals surface area contributed by atoms with Crippen molar-refractivity contribution >= 4 is 6.09 Å². The molecule has 4 heteroatoms. The van der Waals surface area contributed by atoms with Crippen LogP contribution in [0.15, 0.2) is 18.2 Å². The largest absolute Gasteiger partial charge is 0.508 e. The van der Waals surface area contributed by atoms with Crippen molar-refractivity contribution in [1.29, 1.82) is 0 Å². The van der Waals surface area contributed by atoms with E-state index in [1.165, 1.54) is 12.1 Å². The first-order valence-corrected chi connectivity index (χ1v) is 4.38. The Bertz CT molecular complexity index is 336. The van der Waals surface area contributed by atoms with Gasteiger partial charge < -0.3 is 15.2 Å². The molecule has 76 valence electrons. The molecule has 0 unspecified atom stereocenters. The van der Waals surface area contributed by atoms with Crippen LogP contribution in [0, 0.1) is 6.92 Å². The molecule has 0 aliphatic heterocycles. The molecule has 0 bridgehead atoms. The van der Waals surface area contributed by atoms with Crippen LogP contribution in [-0.2, 0) is 0 Å². The first-order valence-electron chi connectivity index (χ1n) is 4.38. The quantitative estimate of drug-likeness (QED) is 0.756. The van der Waals surface area contributed by atoms with E-state index >= 15 is 0 Å². The third-order valence-corrected chi connectivity index (χ3v) is 1.70. The number of carbonyl (C=O) groups excluding carboxylic acids is 1. The standard InChI is InChI=1S/C10H13NO3/c1-3-11-10(13)14-8-4-5-9(12)7(2)6-8/h4-6,12H,3H2,1-2H3,(H,11,13). The minimum atomic E-state index is -0.488. The fourth-order valence-electron chi connectivity index (χ4n) is 0.979. The Balaban J connectivity index is 2.68. The van der Waals surface area contributed by atoms with Crippen molar-refractivity contribution in [3.63, 3.8) is 0 Å². The van der Waals surface area contributed by atoms with E-state index < -0.39 is 6.09 Å². The molecule has 1 aromatic carbocycles. The van der Waals surface area contributed by atoms with E-state index in [4.69, 9.17) is 4.74 Å². The zero-order chi connectivity index (χ0) is 10.6. The molecule has 0 heterocycles. The third kappa shape index (κ3) is 2.65. The van der Waals surface area contributed by atoms with Gasteiger partial charge in [-0.2, -0.15) is 0 Å². The van der Waals surface area contributed by atoms with Crippen molar-refractivity contribution in [2.45, 2.75) is 13.8 Å². The second kappa shape index (κ2) is 4.50. The summed E-state index contributed by atoms with van der Waals surface area (Å²) < 4.78 is 4.93. The summed E-state index contributed by atoms with van der Waals surface area (Å²) in [5, 5.41) is 11.7. The summed E-state index contributed by atoms with van der Waals surface area (Å²) in [6.07, 6.45) is -0.488. The maximum Gasteiger partial charge on any atom is 0.412 e. The minimum absolute atomic E-state index is 0.188. The number of aryl methyl sites for hydroxylation is 1. The van der Waals surface area contributed by atoms with Gasteiger partial charge in [-0.15, -0.1) is 0 Å². The van der Waals surface area contributed by atoms with Crippen LogP contribution < -0.4 is 10.1 Å². The molecule has 0 saturated heterocycles. The number of amides is 1. The molecule has 14 heavy (non-hydrogen) atoms. The van der Waals surface area contributed by atoms with E-state index in [2.05, 4.69) is 5.32 Å². The Morgan fingerprint density at radius 1 is 1.57 bits per heavy atom. The van der Waals surface area contributed by atoms with Crippen molar-refractivity contribution in [1.82, 2.24) is 5.32 Å². The van der Waals surface area contributed by atoms with Crippen molar-refractivity contribution < 1.29 is 14.6 Å². The first kappa shape index (κ1) is 10.4. The minimum Gasteiger partial charge on any atom is -0.508 e. The van der Waals surface area contributed by atoms with Gasteiger partial charge in [0.1, 0.15) is 11.5 Å². The zero-order valence-corrected chi connectivity index (χ0v) is 8.20. The fourth-order valence-corrected chi connectivity index (χ4v) is 0.979. The Morgan fingerprint density at radius 2 is 2.29 bits per heavy atom. The number of rotatable bonds is 2. The molecule has 1 amide bonds. The van der Waals surface area contributed by atoms with Crippen molar-refractivity contribution in [3.8, 4) is 11.5 Å². The predicted molar refractivity (Wildman–Crippen MR) is 52.5 cm³/mol. The SMILES string of the molecule is CCNC(=O)Oc1ccc(O)c(C)c1.